The first kappa shape index (κ1) is 11.7. The molecule has 1 unspecified atom stereocenters. The Hall–Kier alpha value is -1.36. The Balaban J connectivity index is 2.31. The predicted molar refractivity (Wildman–Crippen MR) is 58.1 cm³/mol. The van der Waals surface area contributed by atoms with Crippen LogP contribution in [0.4, 0.5) is 0 Å². The van der Waals surface area contributed by atoms with Crippen LogP contribution in [0, 0.1) is 5.92 Å². The van der Waals surface area contributed by atoms with Gasteiger partial charge in [-0.15, -0.1) is 0 Å². The second kappa shape index (κ2) is 5.50. The highest BCUT2D eigenvalue weighted by molar-refractivity contribution is 7.08. The van der Waals surface area contributed by atoms with E-state index in [1.165, 1.54) is 11.3 Å². The van der Waals surface area contributed by atoms with Crippen LogP contribution < -0.4 is 5.32 Å². The molecule has 1 heterocycles. The lowest BCUT2D eigenvalue weighted by Gasteiger charge is -2.09. The van der Waals surface area contributed by atoms with Gasteiger partial charge in [0.25, 0.3) is 5.91 Å². The summed E-state index contributed by atoms with van der Waals surface area (Å²) in [6.45, 7) is 2.18. The summed E-state index contributed by atoms with van der Waals surface area (Å²) in [6.07, 6.45) is 0.0733. The first-order chi connectivity index (χ1) is 7.09. The molecule has 4 nitrogen and oxygen atoms in total. The standard InChI is InChI=1S/C10H13NO3S/c1-7(4-9(12)13)5-11-10(14)8-2-3-15-6-8/h2-3,6-7H,4-5H2,1H3,(H,11,14)(H,12,13). The van der Waals surface area contributed by atoms with Gasteiger partial charge in [-0.05, 0) is 17.4 Å². The van der Waals surface area contributed by atoms with Gasteiger partial charge < -0.3 is 10.4 Å². The third kappa shape index (κ3) is 4.12. The van der Waals surface area contributed by atoms with Crippen molar-refractivity contribution >= 4 is 23.2 Å². The van der Waals surface area contributed by atoms with Gasteiger partial charge in [-0.25, -0.2) is 0 Å². The highest BCUT2D eigenvalue weighted by Crippen LogP contribution is 2.06. The fraction of sp³-hybridized carbons (Fsp3) is 0.400. The number of aliphatic carboxylic acids is 1. The van der Waals surface area contributed by atoms with E-state index in [1.54, 1.807) is 18.4 Å². The van der Waals surface area contributed by atoms with Gasteiger partial charge in [0.15, 0.2) is 0 Å². The Labute approximate surface area is 91.9 Å². The van der Waals surface area contributed by atoms with Gasteiger partial charge in [0.05, 0.1) is 0 Å². The minimum Gasteiger partial charge on any atom is -0.481 e. The largest absolute Gasteiger partial charge is 0.481 e. The summed E-state index contributed by atoms with van der Waals surface area (Å²) < 4.78 is 0. The van der Waals surface area contributed by atoms with E-state index < -0.39 is 5.97 Å². The number of carboxylic acids is 1. The first-order valence-electron chi connectivity index (χ1n) is 4.61. The van der Waals surface area contributed by atoms with Crippen LogP contribution in [-0.4, -0.2) is 23.5 Å². The smallest absolute Gasteiger partial charge is 0.303 e. The molecule has 0 spiro atoms. The van der Waals surface area contributed by atoms with Gasteiger partial charge in [-0.3, -0.25) is 9.59 Å². The van der Waals surface area contributed by atoms with Crippen LogP contribution in [-0.2, 0) is 4.79 Å². The first-order valence-corrected chi connectivity index (χ1v) is 5.56. The molecule has 1 amide bonds. The second-order valence-electron chi connectivity index (χ2n) is 3.43. The van der Waals surface area contributed by atoms with Crippen molar-refractivity contribution in [3.05, 3.63) is 22.4 Å². The summed E-state index contributed by atoms with van der Waals surface area (Å²) in [5.41, 5.74) is 0.627. The van der Waals surface area contributed by atoms with Gasteiger partial charge in [-0.1, -0.05) is 6.92 Å². The molecule has 0 saturated heterocycles. The maximum atomic E-state index is 11.4. The van der Waals surface area contributed by atoms with E-state index in [4.69, 9.17) is 5.11 Å². The van der Waals surface area contributed by atoms with Gasteiger partial charge >= 0.3 is 5.97 Å². The third-order valence-electron chi connectivity index (χ3n) is 1.92. The van der Waals surface area contributed by atoms with Crippen molar-refractivity contribution < 1.29 is 14.7 Å². The van der Waals surface area contributed by atoms with Crippen molar-refractivity contribution in [3.8, 4) is 0 Å². The second-order valence-corrected chi connectivity index (χ2v) is 4.21. The molecule has 0 bridgehead atoms. The van der Waals surface area contributed by atoms with Crippen LogP contribution >= 0.6 is 11.3 Å². The van der Waals surface area contributed by atoms with Gasteiger partial charge in [0, 0.05) is 23.9 Å². The van der Waals surface area contributed by atoms with Crippen LogP contribution in [0.5, 0.6) is 0 Å². The molecule has 1 aromatic heterocycles. The number of nitrogens with one attached hydrogen (secondary N) is 1. The van der Waals surface area contributed by atoms with E-state index in [0.29, 0.717) is 12.1 Å². The zero-order valence-corrected chi connectivity index (χ0v) is 9.21. The average Bonchev–Trinajstić information content (AvgIpc) is 2.65. The zero-order valence-electron chi connectivity index (χ0n) is 8.40. The Morgan fingerprint density at radius 1 is 1.60 bits per heavy atom. The Morgan fingerprint density at radius 3 is 2.87 bits per heavy atom. The van der Waals surface area contributed by atoms with Gasteiger partial charge in [0.1, 0.15) is 0 Å². The maximum absolute atomic E-state index is 11.4. The quantitative estimate of drug-likeness (QED) is 0.802. The highest BCUT2D eigenvalue weighted by Gasteiger charge is 2.10. The number of amides is 1. The van der Waals surface area contributed by atoms with Crippen LogP contribution in [0.2, 0.25) is 0 Å². The summed E-state index contributed by atoms with van der Waals surface area (Å²) in [5, 5.41) is 14.8. The van der Waals surface area contributed by atoms with Gasteiger partial charge in [0.2, 0.25) is 0 Å². The molecule has 1 aromatic rings. The fourth-order valence-electron chi connectivity index (χ4n) is 1.13. The highest BCUT2D eigenvalue weighted by atomic mass is 32.1. The molecular formula is C10H13NO3S. The number of hydrogen-bond donors (Lipinski definition) is 2. The molecule has 15 heavy (non-hydrogen) atoms. The molecule has 0 aromatic carbocycles. The number of hydrogen-bond acceptors (Lipinski definition) is 3. The molecule has 0 aliphatic rings. The van der Waals surface area contributed by atoms with Crippen molar-refractivity contribution in [2.24, 2.45) is 5.92 Å². The summed E-state index contributed by atoms with van der Waals surface area (Å²) >= 11 is 1.46. The molecule has 1 atom stereocenters. The SMILES string of the molecule is CC(CNC(=O)c1ccsc1)CC(=O)O. The summed E-state index contributed by atoms with van der Waals surface area (Å²) in [7, 11) is 0. The average molecular weight is 227 g/mol. The monoisotopic (exact) mass is 227 g/mol. The van der Waals surface area contributed by atoms with Crippen molar-refractivity contribution in [1.82, 2.24) is 5.32 Å². The summed E-state index contributed by atoms with van der Waals surface area (Å²) in [4.78, 5) is 21.8. The Morgan fingerprint density at radius 2 is 2.33 bits per heavy atom. The van der Waals surface area contributed by atoms with E-state index in [2.05, 4.69) is 5.32 Å². The number of carbonyl (C=O) groups excluding carboxylic acids is 1. The number of rotatable bonds is 5. The van der Waals surface area contributed by atoms with Crippen LogP contribution in [0.15, 0.2) is 16.8 Å². The molecule has 0 aliphatic carbocycles. The van der Waals surface area contributed by atoms with Crippen LogP contribution in [0.25, 0.3) is 0 Å². The summed E-state index contributed by atoms with van der Waals surface area (Å²) in [5.74, 6) is -1.04. The fourth-order valence-corrected chi connectivity index (χ4v) is 1.77. The summed E-state index contributed by atoms with van der Waals surface area (Å²) in [6, 6.07) is 1.74. The van der Waals surface area contributed by atoms with Crippen LogP contribution in [0.1, 0.15) is 23.7 Å². The lowest BCUT2D eigenvalue weighted by Crippen LogP contribution is -2.28. The molecule has 0 aliphatic heterocycles. The van der Waals surface area contributed by atoms with Crippen molar-refractivity contribution in [2.75, 3.05) is 6.54 Å². The van der Waals surface area contributed by atoms with Crippen molar-refractivity contribution in [3.63, 3.8) is 0 Å². The van der Waals surface area contributed by atoms with E-state index >= 15 is 0 Å². The predicted octanol–water partition coefficient (Wildman–Crippen LogP) is 1.59. The lowest BCUT2D eigenvalue weighted by molar-refractivity contribution is -0.137. The Kier molecular flexibility index (Phi) is 4.30. The minimum absolute atomic E-state index is 0.0508. The van der Waals surface area contributed by atoms with E-state index in [9.17, 15) is 9.59 Å². The van der Waals surface area contributed by atoms with E-state index in [1.807, 2.05) is 5.38 Å². The lowest BCUT2D eigenvalue weighted by atomic mass is 10.1. The Bertz CT molecular complexity index is 334. The van der Waals surface area contributed by atoms with E-state index in [-0.39, 0.29) is 18.2 Å². The zero-order chi connectivity index (χ0) is 11.3. The van der Waals surface area contributed by atoms with Crippen LogP contribution in [0.3, 0.4) is 0 Å². The van der Waals surface area contributed by atoms with Crippen molar-refractivity contribution in [1.29, 1.82) is 0 Å². The number of carboxylic acid groups (broad SMARTS) is 1. The molecule has 0 radical (unpaired) electrons. The molecule has 5 heteroatoms. The van der Waals surface area contributed by atoms with Crippen molar-refractivity contribution in [2.45, 2.75) is 13.3 Å². The molecule has 0 fully saturated rings. The third-order valence-corrected chi connectivity index (χ3v) is 2.60. The molecule has 82 valence electrons. The normalized spacial score (nSPS) is 12.1. The maximum Gasteiger partial charge on any atom is 0.303 e. The van der Waals surface area contributed by atoms with E-state index in [0.717, 1.165) is 0 Å². The van der Waals surface area contributed by atoms with Gasteiger partial charge in [-0.2, -0.15) is 11.3 Å². The molecule has 0 saturated carbocycles. The molecule has 1 rings (SSSR count). The molecule has 2 N–H and O–H groups in total. The number of thiophene rings is 1. The topological polar surface area (TPSA) is 66.4 Å². The number of carbonyl (C=O) groups is 2. The molecular weight excluding hydrogens is 214 g/mol. The minimum atomic E-state index is -0.840.